The number of aromatic nitrogens is 3. The lowest BCUT2D eigenvalue weighted by atomic mass is 10.1. The number of anilines is 1. The summed E-state index contributed by atoms with van der Waals surface area (Å²) in [7, 11) is 1.58. The number of hydrogen-bond acceptors (Lipinski definition) is 6. The lowest BCUT2D eigenvalue weighted by Gasteiger charge is -2.22. The number of carbonyl (C=O) groups excluding carboxylic acids is 1. The molecule has 3 aromatic rings. The normalized spacial score (nSPS) is 21.9. The quantitative estimate of drug-likeness (QED) is 0.605. The zero-order chi connectivity index (χ0) is 21.7. The highest BCUT2D eigenvalue weighted by atomic mass is 19.1. The lowest BCUT2D eigenvalue weighted by molar-refractivity contribution is 0.0958. The van der Waals surface area contributed by atoms with Crippen LogP contribution in [0.15, 0.2) is 35.4 Å². The largest absolute Gasteiger partial charge is 0.367 e. The molecule has 3 aromatic heterocycles. The zero-order valence-electron chi connectivity index (χ0n) is 17.4. The highest BCUT2D eigenvalue weighted by Gasteiger charge is 2.53. The van der Waals surface area contributed by atoms with Crippen molar-refractivity contribution in [1.29, 1.82) is 0 Å². The molecule has 2 unspecified atom stereocenters. The molecule has 5 heterocycles. The molecule has 0 bridgehead atoms. The molecule has 8 nitrogen and oxygen atoms in total. The van der Waals surface area contributed by atoms with Gasteiger partial charge in [-0.05, 0) is 24.6 Å². The van der Waals surface area contributed by atoms with Crippen LogP contribution in [0.25, 0.3) is 11.0 Å². The molecule has 0 saturated carbocycles. The molecule has 2 saturated heterocycles. The number of halogens is 1. The van der Waals surface area contributed by atoms with Crippen LogP contribution in [0.5, 0.6) is 0 Å². The summed E-state index contributed by atoms with van der Waals surface area (Å²) in [5, 5.41) is 2.56. The fourth-order valence-electron chi connectivity index (χ4n) is 4.42. The molecule has 1 amide bonds. The average Bonchev–Trinajstić information content (AvgIpc) is 3.22. The van der Waals surface area contributed by atoms with Gasteiger partial charge in [0, 0.05) is 56.1 Å². The summed E-state index contributed by atoms with van der Waals surface area (Å²) >= 11 is 0. The Morgan fingerprint density at radius 1 is 1.23 bits per heavy atom. The number of amides is 1. The minimum absolute atomic E-state index is 0.176. The number of nitrogens with zero attached hydrogens (tertiary/aromatic N) is 4. The molecule has 0 aliphatic carbocycles. The standard InChI is InChI=1S/C22H23FN6O2/c1-3-12-6-16-20(27-21(12)30)19(23)13(7-25-16)9-29-17-10-28(11-18(17)29)14-4-5-15(26-8-14)22(31)24-2/h4-8,17-18H,3,9-11H2,1-2H3,(H,24,31)(H,27,30). The Bertz CT molecular complexity index is 1210. The van der Waals surface area contributed by atoms with E-state index >= 15 is 4.39 Å². The van der Waals surface area contributed by atoms with Crippen LogP contribution in [0.1, 0.15) is 28.5 Å². The smallest absolute Gasteiger partial charge is 0.269 e. The number of piperazine rings is 1. The van der Waals surface area contributed by atoms with E-state index in [0.29, 0.717) is 47.4 Å². The van der Waals surface area contributed by atoms with Crippen molar-refractivity contribution < 1.29 is 9.18 Å². The SMILES string of the molecule is CCc1cc2ncc(CN3C4CN(c5ccc(C(=O)NC)nc5)CC43)c(F)c2[nH]c1=O. The van der Waals surface area contributed by atoms with Gasteiger partial charge in [0.15, 0.2) is 5.82 Å². The van der Waals surface area contributed by atoms with E-state index in [0.717, 1.165) is 18.8 Å². The van der Waals surface area contributed by atoms with E-state index in [1.54, 1.807) is 31.6 Å². The van der Waals surface area contributed by atoms with Crippen molar-refractivity contribution in [3.05, 3.63) is 63.6 Å². The van der Waals surface area contributed by atoms with E-state index in [2.05, 4.69) is 30.1 Å². The summed E-state index contributed by atoms with van der Waals surface area (Å²) in [6.07, 6.45) is 3.87. The first kappa shape index (κ1) is 19.6. The van der Waals surface area contributed by atoms with Crippen LogP contribution >= 0.6 is 0 Å². The highest BCUT2D eigenvalue weighted by Crippen LogP contribution is 2.39. The van der Waals surface area contributed by atoms with Crippen LogP contribution in [-0.4, -0.2) is 58.0 Å². The number of H-pyrrole nitrogens is 1. The van der Waals surface area contributed by atoms with Crippen molar-refractivity contribution in [1.82, 2.24) is 25.2 Å². The number of pyridine rings is 3. The van der Waals surface area contributed by atoms with Crippen LogP contribution in [0.3, 0.4) is 0 Å². The van der Waals surface area contributed by atoms with Crippen LogP contribution in [0.2, 0.25) is 0 Å². The molecule has 2 atom stereocenters. The Kier molecular flexibility index (Phi) is 4.70. The van der Waals surface area contributed by atoms with Gasteiger partial charge in [-0.15, -0.1) is 0 Å². The molecular weight excluding hydrogens is 399 g/mol. The topological polar surface area (TPSA) is 94.0 Å². The van der Waals surface area contributed by atoms with Crippen LogP contribution in [0.4, 0.5) is 10.1 Å². The minimum Gasteiger partial charge on any atom is -0.367 e. The van der Waals surface area contributed by atoms with Gasteiger partial charge in [0.05, 0.1) is 17.4 Å². The summed E-state index contributed by atoms with van der Waals surface area (Å²) in [5.41, 5.74) is 2.85. The number of aryl methyl sites for hydroxylation is 1. The van der Waals surface area contributed by atoms with E-state index in [9.17, 15) is 9.59 Å². The summed E-state index contributed by atoms with van der Waals surface area (Å²) in [4.78, 5) is 39.4. The third-order valence-electron chi connectivity index (χ3n) is 6.29. The predicted octanol–water partition coefficient (Wildman–Crippen LogP) is 1.45. The van der Waals surface area contributed by atoms with E-state index in [-0.39, 0.29) is 17.0 Å². The van der Waals surface area contributed by atoms with E-state index in [4.69, 9.17) is 0 Å². The Labute approximate surface area is 178 Å². The average molecular weight is 422 g/mol. The van der Waals surface area contributed by atoms with Gasteiger partial charge in [0.2, 0.25) is 0 Å². The number of carbonyl (C=O) groups is 1. The van der Waals surface area contributed by atoms with Gasteiger partial charge in [0.25, 0.3) is 11.5 Å². The molecule has 9 heteroatoms. The van der Waals surface area contributed by atoms with Gasteiger partial charge in [-0.1, -0.05) is 6.92 Å². The van der Waals surface area contributed by atoms with Crippen LogP contribution in [-0.2, 0) is 13.0 Å². The van der Waals surface area contributed by atoms with Crippen LogP contribution < -0.4 is 15.8 Å². The summed E-state index contributed by atoms with van der Waals surface area (Å²) in [6.45, 7) is 4.00. The molecule has 2 N–H and O–H groups in total. The molecule has 160 valence electrons. The van der Waals surface area contributed by atoms with Crippen molar-refractivity contribution in [3.8, 4) is 0 Å². The van der Waals surface area contributed by atoms with Crippen molar-refractivity contribution in [2.24, 2.45) is 0 Å². The minimum atomic E-state index is -0.402. The number of rotatable bonds is 5. The van der Waals surface area contributed by atoms with Crippen molar-refractivity contribution >= 4 is 22.6 Å². The zero-order valence-corrected chi connectivity index (χ0v) is 17.4. The third-order valence-corrected chi connectivity index (χ3v) is 6.29. The van der Waals surface area contributed by atoms with Gasteiger partial charge >= 0.3 is 0 Å². The Morgan fingerprint density at radius 2 is 2.00 bits per heavy atom. The summed E-state index contributed by atoms with van der Waals surface area (Å²) in [5.74, 6) is -0.610. The molecule has 2 aliphatic rings. The lowest BCUT2D eigenvalue weighted by Crippen LogP contribution is -2.29. The van der Waals surface area contributed by atoms with Crippen LogP contribution in [0, 0.1) is 5.82 Å². The van der Waals surface area contributed by atoms with Gasteiger partial charge in [0.1, 0.15) is 11.2 Å². The first-order chi connectivity index (χ1) is 15.0. The second-order valence-electron chi connectivity index (χ2n) is 8.03. The number of hydrogen-bond donors (Lipinski definition) is 2. The van der Waals surface area contributed by atoms with Crippen molar-refractivity contribution in [2.75, 3.05) is 25.0 Å². The fraction of sp³-hybridized carbons (Fsp3) is 0.364. The fourth-order valence-corrected chi connectivity index (χ4v) is 4.42. The second kappa shape index (κ2) is 7.42. The Morgan fingerprint density at radius 3 is 2.65 bits per heavy atom. The summed E-state index contributed by atoms with van der Waals surface area (Å²) in [6, 6.07) is 5.97. The second-order valence-corrected chi connectivity index (χ2v) is 8.03. The maximum absolute atomic E-state index is 15.0. The van der Waals surface area contributed by atoms with Crippen molar-refractivity contribution in [3.63, 3.8) is 0 Å². The first-order valence-corrected chi connectivity index (χ1v) is 10.4. The highest BCUT2D eigenvalue weighted by molar-refractivity contribution is 5.92. The maximum atomic E-state index is 15.0. The summed E-state index contributed by atoms with van der Waals surface area (Å²) < 4.78 is 15.0. The molecule has 0 spiro atoms. The van der Waals surface area contributed by atoms with Gasteiger partial charge in [-0.3, -0.25) is 19.5 Å². The number of aromatic amines is 1. The van der Waals surface area contributed by atoms with E-state index in [1.165, 1.54) is 0 Å². The first-order valence-electron chi connectivity index (χ1n) is 10.4. The molecular formula is C22H23FN6O2. The number of nitrogens with one attached hydrogen (secondary N) is 2. The van der Waals surface area contributed by atoms with Gasteiger partial charge in [-0.25, -0.2) is 9.37 Å². The molecule has 31 heavy (non-hydrogen) atoms. The Hall–Kier alpha value is -3.33. The van der Waals surface area contributed by atoms with E-state index < -0.39 is 5.82 Å². The maximum Gasteiger partial charge on any atom is 0.269 e. The van der Waals surface area contributed by atoms with Gasteiger partial charge < -0.3 is 15.2 Å². The predicted molar refractivity (Wildman–Crippen MR) is 115 cm³/mol. The molecule has 0 aromatic carbocycles. The third kappa shape index (κ3) is 3.34. The monoisotopic (exact) mass is 422 g/mol. The van der Waals surface area contributed by atoms with E-state index in [1.807, 2.05) is 13.0 Å². The molecule has 0 radical (unpaired) electrons. The Balaban J connectivity index is 1.27. The number of fused-ring (bicyclic) bond motifs is 2. The van der Waals surface area contributed by atoms with Gasteiger partial charge in [-0.2, -0.15) is 0 Å². The molecule has 5 rings (SSSR count). The molecule has 2 fully saturated rings. The molecule has 2 aliphatic heterocycles. The van der Waals surface area contributed by atoms with Crippen molar-refractivity contribution in [2.45, 2.75) is 32.0 Å².